The van der Waals surface area contributed by atoms with Gasteiger partial charge in [-0.15, -0.1) is 5.16 Å². The maximum Gasteiger partial charge on any atom is 0.244 e. The Morgan fingerprint density at radius 3 is 2.42 bits per heavy atom. The van der Waals surface area contributed by atoms with E-state index in [-0.39, 0.29) is 5.91 Å². The minimum Gasteiger partial charge on any atom is -0.411 e. The number of nitrogens with zero attached hydrogens (tertiary/aromatic N) is 3. The summed E-state index contributed by atoms with van der Waals surface area (Å²) >= 11 is 12.5. The molecule has 24 heavy (non-hydrogen) atoms. The van der Waals surface area contributed by atoms with Gasteiger partial charge in [-0.05, 0) is 29.3 Å². The van der Waals surface area contributed by atoms with Crippen LogP contribution in [0.15, 0.2) is 46.7 Å². The lowest BCUT2D eigenvalue weighted by atomic mass is 10.0. The van der Waals surface area contributed by atoms with Gasteiger partial charge in [0.25, 0.3) is 0 Å². The average molecular weight is 364 g/mol. The van der Waals surface area contributed by atoms with E-state index in [9.17, 15) is 4.79 Å². The lowest BCUT2D eigenvalue weighted by Crippen LogP contribution is -2.25. The Labute approximate surface area is 147 Å². The number of rotatable bonds is 3. The van der Waals surface area contributed by atoms with Crippen molar-refractivity contribution >= 4 is 52.9 Å². The fraction of sp³-hybridized carbons (Fsp3) is 0.0625. The van der Waals surface area contributed by atoms with Gasteiger partial charge in [0.15, 0.2) is 0 Å². The van der Waals surface area contributed by atoms with Crippen LogP contribution in [0.5, 0.6) is 0 Å². The van der Waals surface area contributed by atoms with Crippen LogP contribution >= 0.6 is 23.2 Å². The molecule has 1 aliphatic heterocycles. The molecule has 122 valence electrons. The third kappa shape index (κ3) is 2.60. The van der Waals surface area contributed by atoms with Crippen LogP contribution in [0.1, 0.15) is 17.0 Å². The van der Waals surface area contributed by atoms with Gasteiger partial charge in [-0.2, -0.15) is 0 Å². The molecule has 0 bridgehead atoms. The molecule has 8 heteroatoms. The Morgan fingerprint density at radius 1 is 1.08 bits per heavy atom. The molecule has 0 aromatic heterocycles. The maximum atomic E-state index is 12.8. The van der Waals surface area contributed by atoms with Gasteiger partial charge in [-0.3, -0.25) is 9.69 Å². The van der Waals surface area contributed by atoms with Crippen LogP contribution in [-0.2, 0) is 4.79 Å². The number of benzene rings is 2. The standard InChI is InChI=1S/C16H11Cl2N3O3/c17-12-2-1-3-13(18)15(12)21-14-6-9(7-19-23)4-5-10(14)11(8-20-24)16(21)22/h1-8,11,23-24H. The van der Waals surface area contributed by atoms with Crippen molar-refractivity contribution in [3.8, 4) is 0 Å². The molecule has 2 N–H and O–H groups in total. The van der Waals surface area contributed by atoms with Gasteiger partial charge >= 0.3 is 0 Å². The van der Waals surface area contributed by atoms with Crippen molar-refractivity contribution in [2.75, 3.05) is 4.90 Å². The van der Waals surface area contributed by atoms with Gasteiger partial charge in [-0.25, -0.2) is 0 Å². The summed E-state index contributed by atoms with van der Waals surface area (Å²) in [6, 6.07) is 9.97. The van der Waals surface area contributed by atoms with Crippen molar-refractivity contribution in [1.82, 2.24) is 0 Å². The van der Waals surface area contributed by atoms with Gasteiger partial charge in [-0.1, -0.05) is 46.6 Å². The van der Waals surface area contributed by atoms with Crippen LogP contribution in [0.2, 0.25) is 10.0 Å². The van der Waals surface area contributed by atoms with Gasteiger partial charge in [0.05, 0.1) is 33.8 Å². The average Bonchev–Trinajstić information content (AvgIpc) is 2.81. The van der Waals surface area contributed by atoms with Crippen molar-refractivity contribution in [1.29, 1.82) is 0 Å². The van der Waals surface area contributed by atoms with Gasteiger partial charge in [0.1, 0.15) is 5.92 Å². The van der Waals surface area contributed by atoms with Gasteiger partial charge in [0, 0.05) is 0 Å². The number of hydrogen-bond donors (Lipinski definition) is 2. The fourth-order valence-corrected chi connectivity index (χ4v) is 3.27. The molecule has 3 rings (SSSR count). The van der Waals surface area contributed by atoms with Crippen LogP contribution in [0.25, 0.3) is 0 Å². The van der Waals surface area contributed by atoms with E-state index in [0.717, 1.165) is 6.21 Å². The number of para-hydroxylation sites is 1. The number of hydrogen-bond acceptors (Lipinski definition) is 5. The second kappa shape index (κ2) is 6.51. The van der Waals surface area contributed by atoms with Crippen molar-refractivity contribution in [2.24, 2.45) is 10.3 Å². The van der Waals surface area contributed by atoms with Gasteiger partial charge < -0.3 is 10.4 Å². The summed E-state index contributed by atoms with van der Waals surface area (Å²) < 4.78 is 0. The second-order valence-electron chi connectivity index (χ2n) is 5.05. The van der Waals surface area contributed by atoms with E-state index in [1.54, 1.807) is 36.4 Å². The molecule has 0 fully saturated rings. The second-order valence-corrected chi connectivity index (χ2v) is 5.86. The predicted octanol–water partition coefficient (Wildman–Crippen LogP) is 4.02. The molecule has 2 aromatic carbocycles. The van der Waals surface area contributed by atoms with Crippen molar-refractivity contribution in [3.05, 3.63) is 57.6 Å². The Bertz CT molecular complexity index is 847. The highest BCUT2D eigenvalue weighted by atomic mass is 35.5. The summed E-state index contributed by atoms with van der Waals surface area (Å²) in [7, 11) is 0. The fourth-order valence-electron chi connectivity index (χ4n) is 2.70. The first-order chi connectivity index (χ1) is 11.6. The maximum absolute atomic E-state index is 12.8. The summed E-state index contributed by atoms with van der Waals surface area (Å²) in [6.07, 6.45) is 2.39. The molecule has 0 aliphatic carbocycles. The quantitative estimate of drug-likeness (QED) is 0.490. The number of fused-ring (bicyclic) bond motifs is 1. The lowest BCUT2D eigenvalue weighted by molar-refractivity contribution is -0.117. The molecule has 0 saturated heterocycles. The highest BCUT2D eigenvalue weighted by molar-refractivity contribution is 6.41. The molecule has 0 radical (unpaired) electrons. The summed E-state index contributed by atoms with van der Waals surface area (Å²) in [4.78, 5) is 14.2. The van der Waals surface area contributed by atoms with Crippen LogP contribution < -0.4 is 4.90 Å². The first kappa shape index (κ1) is 16.3. The number of anilines is 2. The largest absolute Gasteiger partial charge is 0.411 e. The van der Waals surface area contributed by atoms with Crippen molar-refractivity contribution in [2.45, 2.75) is 5.92 Å². The number of amides is 1. The van der Waals surface area contributed by atoms with Crippen molar-refractivity contribution < 1.29 is 15.2 Å². The molecular weight excluding hydrogens is 353 g/mol. The molecular formula is C16H11Cl2N3O3. The van der Waals surface area contributed by atoms with Crippen LogP contribution in [0.3, 0.4) is 0 Å². The molecule has 2 aromatic rings. The minimum atomic E-state index is -0.766. The minimum absolute atomic E-state index is 0.310. The van der Waals surface area contributed by atoms with Crippen LogP contribution in [0, 0.1) is 0 Å². The number of halogens is 2. The molecule has 1 heterocycles. The Morgan fingerprint density at radius 2 is 1.79 bits per heavy atom. The van der Waals surface area contributed by atoms with E-state index >= 15 is 0 Å². The highest BCUT2D eigenvalue weighted by Crippen LogP contribution is 2.46. The Balaban J connectivity index is 2.25. The number of carbonyl (C=O) groups excluding carboxylic acids is 1. The normalized spacial score (nSPS) is 17.2. The van der Waals surface area contributed by atoms with Crippen LogP contribution in [0.4, 0.5) is 11.4 Å². The molecule has 0 spiro atoms. The molecule has 6 nitrogen and oxygen atoms in total. The zero-order chi connectivity index (χ0) is 17.3. The lowest BCUT2D eigenvalue weighted by Gasteiger charge is -2.20. The molecule has 1 unspecified atom stereocenters. The monoisotopic (exact) mass is 363 g/mol. The third-order valence-corrected chi connectivity index (χ3v) is 4.31. The summed E-state index contributed by atoms with van der Waals surface area (Å²) in [5.41, 5.74) is 2.08. The summed E-state index contributed by atoms with van der Waals surface area (Å²) in [5, 5.41) is 24.2. The summed E-state index contributed by atoms with van der Waals surface area (Å²) in [5.74, 6) is -1.12. The molecule has 1 amide bonds. The van der Waals surface area contributed by atoms with E-state index in [4.69, 9.17) is 33.6 Å². The van der Waals surface area contributed by atoms with E-state index in [1.165, 1.54) is 11.1 Å². The molecule has 1 aliphatic rings. The zero-order valence-corrected chi connectivity index (χ0v) is 13.6. The van der Waals surface area contributed by atoms with E-state index in [2.05, 4.69) is 10.3 Å². The smallest absolute Gasteiger partial charge is 0.244 e. The first-order valence-corrected chi connectivity index (χ1v) is 7.61. The Hall–Kier alpha value is -2.57. The predicted molar refractivity (Wildman–Crippen MR) is 92.4 cm³/mol. The summed E-state index contributed by atoms with van der Waals surface area (Å²) in [6.45, 7) is 0. The highest BCUT2D eigenvalue weighted by Gasteiger charge is 2.39. The van der Waals surface area contributed by atoms with E-state index < -0.39 is 5.92 Å². The van der Waals surface area contributed by atoms with E-state index in [0.29, 0.717) is 32.5 Å². The molecule has 0 saturated carbocycles. The van der Waals surface area contributed by atoms with E-state index in [1.807, 2.05) is 0 Å². The topological polar surface area (TPSA) is 85.5 Å². The SMILES string of the molecule is O=C1C(C=NO)c2ccc(C=NO)cc2N1c1c(Cl)cccc1Cl. The molecule has 1 atom stereocenters. The zero-order valence-electron chi connectivity index (χ0n) is 12.1. The third-order valence-electron chi connectivity index (χ3n) is 3.70. The van der Waals surface area contributed by atoms with Crippen molar-refractivity contribution in [3.63, 3.8) is 0 Å². The number of carbonyl (C=O) groups is 1. The first-order valence-electron chi connectivity index (χ1n) is 6.85. The Kier molecular flexibility index (Phi) is 4.42. The van der Waals surface area contributed by atoms with Crippen LogP contribution in [-0.4, -0.2) is 28.8 Å². The van der Waals surface area contributed by atoms with Gasteiger partial charge in [0.2, 0.25) is 5.91 Å². The number of oxime groups is 2.